The minimum atomic E-state index is 0.569. The predicted octanol–water partition coefficient (Wildman–Crippen LogP) is 3.49. The van der Waals surface area contributed by atoms with Crippen molar-refractivity contribution in [2.45, 2.75) is 25.4 Å². The molecule has 1 saturated heterocycles. The normalized spacial score (nSPS) is 16.1. The molecule has 0 bridgehead atoms. The maximum atomic E-state index is 6.19. The van der Waals surface area contributed by atoms with Crippen LogP contribution in [0.15, 0.2) is 48.8 Å². The van der Waals surface area contributed by atoms with Crippen LogP contribution < -0.4 is 10.2 Å². The molecule has 0 radical (unpaired) electrons. The van der Waals surface area contributed by atoms with E-state index in [-0.39, 0.29) is 0 Å². The fourth-order valence-electron chi connectivity index (χ4n) is 2.79. The molecule has 1 aliphatic heterocycles. The lowest BCUT2D eigenvalue weighted by Crippen LogP contribution is -2.42. The number of halogens is 1. The van der Waals surface area contributed by atoms with Gasteiger partial charge < -0.3 is 10.2 Å². The van der Waals surface area contributed by atoms with E-state index in [9.17, 15) is 0 Å². The Bertz CT molecular complexity index is 565. The largest absolute Gasteiger partial charge is 0.371 e. The van der Waals surface area contributed by atoms with Crippen LogP contribution in [0.5, 0.6) is 0 Å². The van der Waals surface area contributed by atoms with Gasteiger partial charge in [0.1, 0.15) is 0 Å². The van der Waals surface area contributed by atoms with Gasteiger partial charge in [-0.25, -0.2) is 0 Å². The molecule has 1 N–H and O–H groups in total. The Balaban J connectivity index is 1.49. The van der Waals surface area contributed by atoms with Crippen molar-refractivity contribution < 1.29 is 0 Å². The van der Waals surface area contributed by atoms with E-state index in [0.717, 1.165) is 37.5 Å². The Morgan fingerprint density at radius 2 is 1.81 bits per heavy atom. The van der Waals surface area contributed by atoms with Gasteiger partial charge in [-0.15, -0.1) is 0 Å². The van der Waals surface area contributed by atoms with Crippen LogP contribution in [0, 0.1) is 0 Å². The van der Waals surface area contributed by atoms with Crippen LogP contribution in [-0.2, 0) is 6.54 Å². The molecule has 3 nitrogen and oxygen atoms in total. The Morgan fingerprint density at radius 1 is 1.10 bits per heavy atom. The smallest absolute Gasteiger partial charge is 0.0450 e. The number of aromatic nitrogens is 1. The molecule has 1 aliphatic rings. The number of benzene rings is 1. The van der Waals surface area contributed by atoms with Gasteiger partial charge in [0.15, 0.2) is 0 Å². The van der Waals surface area contributed by atoms with Crippen molar-refractivity contribution in [1.29, 1.82) is 0 Å². The first-order valence-electron chi connectivity index (χ1n) is 7.45. The molecule has 0 aliphatic carbocycles. The summed E-state index contributed by atoms with van der Waals surface area (Å²) < 4.78 is 0. The number of hydrogen-bond acceptors (Lipinski definition) is 3. The zero-order chi connectivity index (χ0) is 14.5. The van der Waals surface area contributed by atoms with Gasteiger partial charge in [-0.2, -0.15) is 0 Å². The number of rotatable bonds is 4. The lowest BCUT2D eigenvalue weighted by atomic mass is 10.0. The highest BCUT2D eigenvalue weighted by Gasteiger charge is 2.19. The summed E-state index contributed by atoms with van der Waals surface area (Å²) in [6.45, 7) is 3.02. The molecule has 1 fully saturated rings. The molecule has 1 aromatic carbocycles. The van der Waals surface area contributed by atoms with E-state index in [2.05, 4.69) is 33.4 Å². The maximum absolute atomic E-state index is 6.19. The van der Waals surface area contributed by atoms with E-state index in [1.54, 1.807) is 0 Å². The van der Waals surface area contributed by atoms with E-state index in [4.69, 9.17) is 11.6 Å². The van der Waals surface area contributed by atoms with Crippen molar-refractivity contribution in [1.82, 2.24) is 10.3 Å². The number of hydrogen-bond donors (Lipinski definition) is 1. The van der Waals surface area contributed by atoms with Crippen molar-refractivity contribution in [2.75, 3.05) is 18.0 Å². The third-order valence-electron chi connectivity index (χ3n) is 4.06. The molecule has 3 rings (SSSR count). The Labute approximate surface area is 131 Å². The summed E-state index contributed by atoms with van der Waals surface area (Å²) in [5.74, 6) is 0. The lowest BCUT2D eigenvalue weighted by molar-refractivity contribution is 0.414. The van der Waals surface area contributed by atoms with Crippen molar-refractivity contribution in [3.8, 4) is 0 Å². The fraction of sp³-hybridized carbons (Fsp3) is 0.353. The number of nitrogens with zero attached hydrogens (tertiary/aromatic N) is 2. The van der Waals surface area contributed by atoms with Gasteiger partial charge in [-0.3, -0.25) is 4.98 Å². The van der Waals surface area contributed by atoms with Crippen molar-refractivity contribution in [3.63, 3.8) is 0 Å². The molecule has 21 heavy (non-hydrogen) atoms. The second kappa shape index (κ2) is 6.92. The number of pyridine rings is 1. The van der Waals surface area contributed by atoms with Crippen LogP contribution in [0.1, 0.15) is 18.4 Å². The number of piperidine rings is 1. The minimum absolute atomic E-state index is 0.569. The minimum Gasteiger partial charge on any atom is -0.371 e. The Kier molecular flexibility index (Phi) is 4.73. The highest BCUT2D eigenvalue weighted by atomic mass is 35.5. The van der Waals surface area contributed by atoms with Crippen LogP contribution in [0.25, 0.3) is 0 Å². The van der Waals surface area contributed by atoms with Gasteiger partial charge in [0.05, 0.1) is 0 Å². The molecule has 110 valence electrons. The van der Waals surface area contributed by atoms with Crippen LogP contribution >= 0.6 is 11.6 Å². The summed E-state index contributed by atoms with van der Waals surface area (Å²) in [5.41, 5.74) is 2.45. The summed E-state index contributed by atoms with van der Waals surface area (Å²) in [6.07, 6.45) is 6.04. The van der Waals surface area contributed by atoms with Crippen molar-refractivity contribution in [2.24, 2.45) is 0 Å². The van der Waals surface area contributed by atoms with Gasteiger partial charge in [-0.05, 0) is 36.6 Å². The van der Waals surface area contributed by atoms with Gasteiger partial charge in [0.25, 0.3) is 0 Å². The van der Waals surface area contributed by atoms with Crippen molar-refractivity contribution >= 4 is 17.3 Å². The molecule has 0 saturated carbocycles. The summed E-state index contributed by atoms with van der Waals surface area (Å²) in [6, 6.07) is 12.8. The summed E-state index contributed by atoms with van der Waals surface area (Å²) in [7, 11) is 0. The van der Waals surface area contributed by atoms with Gasteiger partial charge in [0, 0.05) is 48.8 Å². The molecule has 0 unspecified atom stereocenters. The number of anilines is 1. The van der Waals surface area contributed by atoms with Crippen LogP contribution in [-0.4, -0.2) is 24.1 Å². The third kappa shape index (κ3) is 3.74. The Morgan fingerprint density at radius 3 is 2.52 bits per heavy atom. The van der Waals surface area contributed by atoms with E-state index in [0.29, 0.717) is 6.04 Å². The average molecular weight is 302 g/mol. The topological polar surface area (TPSA) is 28.2 Å². The van der Waals surface area contributed by atoms with Crippen LogP contribution in [0.2, 0.25) is 5.02 Å². The summed E-state index contributed by atoms with van der Waals surface area (Å²) in [4.78, 5) is 6.50. The fourth-order valence-corrected chi connectivity index (χ4v) is 3.00. The van der Waals surface area contributed by atoms with Gasteiger partial charge in [-0.1, -0.05) is 29.8 Å². The predicted molar refractivity (Wildman–Crippen MR) is 87.8 cm³/mol. The first-order chi connectivity index (χ1) is 10.3. The standard InChI is InChI=1S/C17H20ClN3/c18-17-4-2-1-3-14(17)13-20-15-7-11-21(12-8-15)16-5-9-19-10-6-16/h1-6,9-10,15,20H,7-8,11-13H2. The quantitative estimate of drug-likeness (QED) is 0.937. The van der Waals surface area contributed by atoms with E-state index < -0.39 is 0 Å². The van der Waals surface area contributed by atoms with Crippen molar-refractivity contribution in [3.05, 3.63) is 59.4 Å². The zero-order valence-corrected chi connectivity index (χ0v) is 12.8. The van der Waals surface area contributed by atoms with E-state index in [1.807, 2.05) is 30.6 Å². The molecular formula is C17H20ClN3. The molecule has 0 atom stereocenters. The molecular weight excluding hydrogens is 282 g/mol. The highest BCUT2D eigenvalue weighted by molar-refractivity contribution is 6.31. The highest BCUT2D eigenvalue weighted by Crippen LogP contribution is 2.20. The second-order valence-electron chi connectivity index (χ2n) is 5.44. The molecule has 2 aromatic rings. The average Bonchev–Trinajstić information content (AvgIpc) is 2.55. The summed E-state index contributed by atoms with van der Waals surface area (Å²) in [5, 5.41) is 4.47. The maximum Gasteiger partial charge on any atom is 0.0450 e. The first-order valence-corrected chi connectivity index (χ1v) is 7.82. The summed E-state index contributed by atoms with van der Waals surface area (Å²) >= 11 is 6.19. The monoisotopic (exact) mass is 301 g/mol. The third-order valence-corrected chi connectivity index (χ3v) is 4.43. The molecule has 2 heterocycles. The number of nitrogens with one attached hydrogen (secondary N) is 1. The second-order valence-corrected chi connectivity index (χ2v) is 5.85. The first kappa shape index (κ1) is 14.4. The molecule has 0 spiro atoms. The SMILES string of the molecule is Clc1ccccc1CNC1CCN(c2ccncc2)CC1. The lowest BCUT2D eigenvalue weighted by Gasteiger charge is -2.34. The Hall–Kier alpha value is -1.58. The molecule has 1 aromatic heterocycles. The van der Waals surface area contributed by atoms with Crippen LogP contribution in [0.3, 0.4) is 0 Å². The zero-order valence-electron chi connectivity index (χ0n) is 12.0. The van der Waals surface area contributed by atoms with Crippen LogP contribution in [0.4, 0.5) is 5.69 Å². The van der Waals surface area contributed by atoms with Gasteiger partial charge >= 0.3 is 0 Å². The van der Waals surface area contributed by atoms with E-state index >= 15 is 0 Å². The molecule has 0 amide bonds. The molecule has 4 heteroatoms. The van der Waals surface area contributed by atoms with Gasteiger partial charge in [0.2, 0.25) is 0 Å². The van der Waals surface area contributed by atoms with E-state index in [1.165, 1.54) is 11.3 Å².